The van der Waals surface area contributed by atoms with Gasteiger partial charge in [0, 0.05) is 12.3 Å². The van der Waals surface area contributed by atoms with Crippen LogP contribution in [0.2, 0.25) is 0 Å². The molecule has 1 aromatic carbocycles. The van der Waals surface area contributed by atoms with Crippen molar-refractivity contribution in [1.29, 1.82) is 0 Å². The lowest BCUT2D eigenvalue weighted by atomic mass is 9.71. The van der Waals surface area contributed by atoms with Crippen LogP contribution in [0, 0.1) is 17.8 Å². The highest BCUT2D eigenvalue weighted by atomic mass is 16.5. The normalized spacial score (nSPS) is 26.4. The minimum Gasteiger partial charge on any atom is -0.493 e. The van der Waals surface area contributed by atoms with Crippen molar-refractivity contribution in [3.8, 4) is 11.5 Å². The number of ether oxygens (including phenoxy) is 2. The number of methoxy groups -OCH3 is 2. The number of benzene rings is 1. The van der Waals surface area contributed by atoms with Gasteiger partial charge < -0.3 is 9.47 Å². The molecule has 1 fully saturated rings. The molecule has 0 aliphatic heterocycles. The molecule has 0 N–H and O–H groups in total. The summed E-state index contributed by atoms with van der Waals surface area (Å²) >= 11 is 0. The summed E-state index contributed by atoms with van der Waals surface area (Å²) in [5.74, 6) is 3.93. The Hall–Kier alpha value is -1.51. The highest BCUT2D eigenvalue weighted by molar-refractivity contribution is 5.82. The second-order valence-corrected chi connectivity index (χ2v) is 8.32. The number of Topliss-reactive ketones (excluding diaryl/α,β-unsaturated/α-hetero) is 1. The van der Waals surface area contributed by atoms with Crippen LogP contribution in [0.5, 0.6) is 11.5 Å². The quantitative estimate of drug-likeness (QED) is 0.757. The fourth-order valence-corrected chi connectivity index (χ4v) is 4.82. The number of fused-ring (bicyclic) bond motifs is 5. The first kappa shape index (κ1) is 18.3. The van der Waals surface area contributed by atoms with Crippen molar-refractivity contribution in [2.24, 2.45) is 17.8 Å². The molecule has 0 aromatic heterocycles. The highest BCUT2D eigenvalue weighted by Gasteiger charge is 2.33. The molecule has 1 saturated carbocycles. The molecule has 0 spiro atoms. The molecule has 2 bridgehead atoms. The Balaban J connectivity index is 1.96. The van der Waals surface area contributed by atoms with Gasteiger partial charge in [0.05, 0.1) is 14.2 Å². The van der Waals surface area contributed by atoms with E-state index in [0.29, 0.717) is 30.0 Å². The van der Waals surface area contributed by atoms with E-state index in [-0.39, 0.29) is 5.92 Å². The largest absolute Gasteiger partial charge is 0.493 e. The minimum atomic E-state index is 0.259. The molecule has 0 saturated heterocycles. The smallest absolute Gasteiger partial charge is 0.161 e. The van der Waals surface area contributed by atoms with Gasteiger partial charge in [-0.25, -0.2) is 0 Å². The number of ketones is 1. The monoisotopic (exact) mass is 344 g/mol. The molecule has 3 nitrogen and oxygen atoms in total. The second kappa shape index (κ2) is 7.80. The average Bonchev–Trinajstić information content (AvgIpc) is 2.58. The van der Waals surface area contributed by atoms with Crippen LogP contribution in [0.3, 0.4) is 0 Å². The zero-order valence-corrected chi connectivity index (χ0v) is 16.1. The molecule has 0 amide bonds. The van der Waals surface area contributed by atoms with Crippen LogP contribution in [-0.2, 0) is 11.2 Å². The van der Waals surface area contributed by atoms with Crippen molar-refractivity contribution in [2.75, 3.05) is 14.2 Å². The maximum Gasteiger partial charge on any atom is 0.161 e. The average molecular weight is 344 g/mol. The fraction of sp³-hybridized carbons (Fsp3) is 0.682. The van der Waals surface area contributed by atoms with E-state index in [0.717, 1.165) is 37.2 Å². The molecular weight excluding hydrogens is 312 g/mol. The van der Waals surface area contributed by atoms with Gasteiger partial charge in [0.25, 0.3) is 0 Å². The lowest BCUT2D eigenvalue weighted by molar-refractivity contribution is -0.125. The molecule has 2 aliphatic carbocycles. The van der Waals surface area contributed by atoms with Gasteiger partial charge in [-0.3, -0.25) is 4.79 Å². The fourth-order valence-electron chi connectivity index (χ4n) is 4.82. The number of aryl methyl sites for hydroxylation is 1. The number of carbonyl (C=O) groups excluding carboxylic acids is 1. The maximum absolute atomic E-state index is 13.0. The lowest BCUT2D eigenvalue weighted by Gasteiger charge is -2.34. The molecule has 3 rings (SSSR count). The Bertz CT molecular complexity index is 620. The summed E-state index contributed by atoms with van der Waals surface area (Å²) in [6.07, 6.45) is 7.45. The van der Waals surface area contributed by atoms with Crippen LogP contribution in [-0.4, -0.2) is 20.0 Å². The van der Waals surface area contributed by atoms with Crippen LogP contribution in [0.25, 0.3) is 0 Å². The van der Waals surface area contributed by atoms with E-state index in [4.69, 9.17) is 9.47 Å². The molecule has 1 aromatic rings. The predicted molar refractivity (Wildman–Crippen MR) is 101 cm³/mol. The van der Waals surface area contributed by atoms with Crippen molar-refractivity contribution in [1.82, 2.24) is 0 Å². The van der Waals surface area contributed by atoms with Gasteiger partial charge in [-0.15, -0.1) is 0 Å². The molecule has 1 unspecified atom stereocenters. The second-order valence-electron chi connectivity index (χ2n) is 8.32. The Labute approximate surface area is 152 Å². The predicted octanol–water partition coefficient (Wildman–Crippen LogP) is 5.16. The number of carbonyl (C=O) groups is 1. The summed E-state index contributed by atoms with van der Waals surface area (Å²) in [7, 11) is 3.38. The Morgan fingerprint density at radius 2 is 1.80 bits per heavy atom. The summed E-state index contributed by atoms with van der Waals surface area (Å²) in [5, 5.41) is 0. The molecular formula is C22H32O3. The van der Waals surface area contributed by atoms with Crippen molar-refractivity contribution >= 4 is 5.78 Å². The zero-order valence-electron chi connectivity index (χ0n) is 16.1. The number of hydrogen-bond acceptors (Lipinski definition) is 3. The van der Waals surface area contributed by atoms with Crippen molar-refractivity contribution < 1.29 is 14.3 Å². The van der Waals surface area contributed by atoms with E-state index in [2.05, 4.69) is 26.0 Å². The SMILES string of the molecule is COc1cc2c(cc1OC)[C@@H]1CCC(CC2)C[C@@H](CC(C)C)C(=O)C1. The summed E-state index contributed by atoms with van der Waals surface area (Å²) in [6, 6.07) is 4.27. The first-order chi connectivity index (χ1) is 12.0. The standard InChI is InChI=1S/C22H32O3/c1-14(2)9-18-10-15-5-7-16(11-20(18)23)19-13-22(25-4)21(24-3)12-17(19)8-6-15/h12-16,18H,5-11H2,1-4H3/t15?,16-,18-/m1/s1. The van der Waals surface area contributed by atoms with E-state index in [1.807, 2.05) is 0 Å². The summed E-state index contributed by atoms with van der Waals surface area (Å²) in [5.41, 5.74) is 2.66. The highest BCUT2D eigenvalue weighted by Crippen LogP contribution is 2.43. The third kappa shape index (κ3) is 4.02. The van der Waals surface area contributed by atoms with E-state index < -0.39 is 0 Å². The van der Waals surface area contributed by atoms with Gasteiger partial charge >= 0.3 is 0 Å². The van der Waals surface area contributed by atoms with Gasteiger partial charge in [-0.1, -0.05) is 13.8 Å². The van der Waals surface area contributed by atoms with Crippen LogP contribution in [0.1, 0.15) is 69.4 Å². The molecule has 0 radical (unpaired) electrons. The Morgan fingerprint density at radius 3 is 2.48 bits per heavy atom. The first-order valence-electron chi connectivity index (χ1n) is 9.79. The molecule has 25 heavy (non-hydrogen) atoms. The third-order valence-electron chi connectivity index (χ3n) is 6.11. The third-order valence-corrected chi connectivity index (χ3v) is 6.11. The zero-order chi connectivity index (χ0) is 18.0. The Morgan fingerprint density at radius 1 is 1.08 bits per heavy atom. The minimum absolute atomic E-state index is 0.259. The maximum atomic E-state index is 13.0. The molecule has 2 aliphatic rings. The van der Waals surface area contributed by atoms with Gasteiger partial charge in [0.1, 0.15) is 5.78 Å². The van der Waals surface area contributed by atoms with Gasteiger partial charge in [0.2, 0.25) is 0 Å². The van der Waals surface area contributed by atoms with Crippen molar-refractivity contribution in [2.45, 2.75) is 64.7 Å². The van der Waals surface area contributed by atoms with Crippen LogP contribution < -0.4 is 9.47 Å². The van der Waals surface area contributed by atoms with Crippen molar-refractivity contribution in [3.63, 3.8) is 0 Å². The van der Waals surface area contributed by atoms with Crippen LogP contribution >= 0.6 is 0 Å². The molecule has 3 heteroatoms. The van der Waals surface area contributed by atoms with Crippen LogP contribution in [0.4, 0.5) is 0 Å². The topological polar surface area (TPSA) is 35.5 Å². The Kier molecular flexibility index (Phi) is 5.71. The summed E-state index contributed by atoms with van der Waals surface area (Å²) in [4.78, 5) is 13.0. The van der Waals surface area contributed by atoms with E-state index in [9.17, 15) is 4.79 Å². The van der Waals surface area contributed by atoms with Crippen LogP contribution in [0.15, 0.2) is 12.1 Å². The van der Waals surface area contributed by atoms with E-state index in [1.165, 1.54) is 24.0 Å². The van der Waals surface area contributed by atoms with Crippen molar-refractivity contribution in [3.05, 3.63) is 23.3 Å². The molecule has 0 heterocycles. The molecule has 138 valence electrons. The summed E-state index contributed by atoms with van der Waals surface area (Å²) in [6.45, 7) is 4.47. The van der Waals surface area contributed by atoms with Gasteiger partial charge in [0.15, 0.2) is 11.5 Å². The van der Waals surface area contributed by atoms with E-state index >= 15 is 0 Å². The summed E-state index contributed by atoms with van der Waals surface area (Å²) < 4.78 is 11.0. The van der Waals surface area contributed by atoms with Gasteiger partial charge in [-0.2, -0.15) is 0 Å². The number of hydrogen-bond donors (Lipinski definition) is 0. The van der Waals surface area contributed by atoms with E-state index in [1.54, 1.807) is 14.2 Å². The lowest BCUT2D eigenvalue weighted by Crippen LogP contribution is -2.27. The first-order valence-corrected chi connectivity index (χ1v) is 9.79. The van der Waals surface area contributed by atoms with Gasteiger partial charge in [-0.05, 0) is 79.5 Å². The number of rotatable bonds is 4. The molecule has 3 atom stereocenters.